The number of hydrogen-bond acceptors (Lipinski definition) is 3. The number of hydrogen-bond donors (Lipinski definition) is 2. The van der Waals surface area contributed by atoms with Gasteiger partial charge in [0, 0.05) is 0 Å². The summed E-state index contributed by atoms with van der Waals surface area (Å²) < 4.78 is 0. The molecule has 0 aromatic carbocycles. The zero-order valence-corrected chi connectivity index (χ0v) is 10.7. The maximum absolute atomic E-state index is 10.5. The highest BCUT2D eigenvalue weighted by molar-refractivity contribution is 7.10. The van der Waals surface area contributed by atoms with E-state index in [-0.39, 0.29) is 0 Å². The monoisotopic (exact) mass is 260 g/mol. The van der Waals surface area contributed by atoms with Crippen LogP contribution in [0, 0.1) is 0 Å². The lowest BCUT2D eigenvalue weighted by Gasteiger charge is -2.31. The molecule has 1 saturated carbocycles. The van der Waals surface area contributed by atoms with Gasteiger partial charge in [-0.05, 0) is 24.3 Å². The van der Waals surface area contributed by atoms with E-state index in [4.69, 9.17) is 11.6 Å². The van der Waals surface area contributed by atoms with Gasteiger partial charge in [-0.25, -0.2) is 0 Å². The van der Waals surface area contributed by atoms with Crippen molar-refractivity contribution in [3.63, 3.8) is 0 Å². The van der Waals surface area contributed by atoms with E-state index in [1.54, 1.807) is 6.07 Å². The number of thiophene rings is 1. The van der Waals surface area contributed by atoms with Crippen molar-refractivity contribution in [2.24, 2.45) is 0 Å². The second-order valence-electron chi connectivity index (χ2n) is 4.55. The molecule has 0 amide bonds. The lowest BCUT2D eigenvalue weighted by atomic mass is 9.87. The predicted octanol–water partition coefficient (Wildman–Crippen LogP) is 3.52. The molecule has 0 radical (unpaired) electrons. The highest BCUT2D eigenvalue weighted by atomic mass is 35.5. The van der Waals surface area contributed by atoms with Crippen LogP contribution < -0.4 is 0 Å². The van der Waals surface area contributed by atoms with Gasteiger partial charge in [-0.15, -0.1) is 11.3 Å². The first-order chi connectivity index (χ1) is 7.63. The van der Waals surface area contributed by atoms with Gasteiger partial charge in [-0.3, -0.25) is 0 Å². The molecule has 1 heterocycles. The van der Waals surface area contributed by atoms with Crippen molar-refractivity contribution in [2.75, 3.05) is 0 Å². The van der Waals surface area contributed by atoms with Crippen molar-refractivity contribution in [1.82, 2.24) is 0 Å². The predicted molar refractivity (Wildman–Crippen MR) is 66.9 cm³/mol. The molecule has 90 valence electrons. The quantitative estimate of drug-likeness (QED) is 0.799. The molecule has 0 saturated heterocycles. The van der Waals surface area contributed by atoms with Gasteiger partial charge in [0.25, 0.3) is 0 Å². The maximum Gasteiger partial charge on any atom is 0.118 e. The highest BCUT2D eigenvalue weighted by Crippen LogP contribution is 2.41. The SMILES string of the molecule is OC(c1sccc1Cl)C1(O)CCCCCC1. The zero-order chi connectivity index (χ0) is 11.6. The minimum Gasteiger partial charge on any atom is -0.387 e. The van der Waals surface area contributed by atoms with Crippen LogP contribution in [0.1, 0.15) is 49.5 Å². The van der Waals surface area contributed by atoms with Crippen LogP contribution in [0.5, 0.6) is 0 Å². The van der Waals surface area contributed by atoms with E-state index in [2.05, 4.69) is 0 Å². The Kier molecular flexibility index (Phi) is 3.90. The van der Waals surface area contributed by atoms with Crippen LogP contribution in [-0.2, 0) is 0 Å². The molecule has 16 heavy (non-hydrogen) atoms. The van der Waals surface area contributed by atoms with Crippen LogP contribution in [0.25, 0.3) is 0 Å². The third-order valence-corrected chi connectivity index (χ3v) is 4.78. The number of aliphatic hydroxyl groups excluding tert-OH is 1. The van der Waals surface area contributed by atoms with E-state index in [1.165, 1.54) is 11.3 Å². The zero-order valence-electron chi connectivity index (χ0n) is 9.16. The van der Waals surface area contributed by atoms with E-state index in [9.17, 15) is 10.2 Å². The highest BCUT2D eigenvalue weighted by Gasteiger charge is 2.38. The fourth-order valence-electron chi connectivity index (χ4n) is 2.36. The molecule has 2 rings (SSSR count). The Morgan fingerprint density at radius 1 is 1.25 bits per heavy atom. The van der Waals surface area contributed by atoms with E-state index >= 15 is 0 Å². The molecule has 4 heteroatoms. The summed E-state index contributed by atoms with van der Waals surface area (Å²) in [6.45, 7) is 0. The van der Waals surface area contributed by atoms with Crippen LogP contribution in [0.15, 0.2) is 11.4 Å². The first-order valence-electron chi connectivity index (χ1n) is 5.77. The normalized spacial score (nSPS) is 22.7. The Morgan fingerprint density at radius 2 is 1.88 bits per heavy atom. The van der Waals surface area contributed by atoms with Gasteiger partial charge in [-0.1, -0.05) is 37.3 Å². The fraction of sp³-hybridized carbons (Fsp3) is 0.667. The van der Waals surface area contributed by atoms with Crippen LogP contribution >= 0.6 is 22.9 Å². The number of rotatable bonds is 2. The minimum atomic E-state index is -0.981. The lowest BCUT2D eigenvalue weighted by Crippen LogP contribution is -2.35. The van der Waals surface area contributed by atoms with Gasteiger partial charge in [0.05, 0.1) is 15.5 Å². The summed E-state index contributed by atoms with van der Waals surface area (Å²) in [6, 6.07) is 1.77. The third-order valence-electron chi connectivity index (χ3n) is 3.37. The summed E-state index contributed by atoms with van der Waals surface area (Å²) >= 11 is 7.41. The summed E-state index contributed by atoms with van der Waals surface area (Å²) in [7, 11) is 0. The molecule has 1 aromatic rings. The Balaban J connectivity index is 2.18. The molecule has 1 unspecified atom stereocenters. The smallest absolute Gasteiger partial charge is 0.118 e. The molecule has 2 N–H and O–H groups in total. The van der Waals surface area contributed by atoms with Crippen molar-refractivity contribution >= 4 is 22.9 Å². The van der Waals surface area contributed by atoms with Crippen molar-refractivity contribution in [3.05, 3.63) is 21.3 Å². The Morgan fingerprint density at radius 3 is 2.38 bits per heavy atom. The van der Waals surface area contributed by atoms with Gasteiger partial charge >= 0.3 is 0 Å². The number of aliphatic hydroxyl groups is 2. The van der Waals surface area contributed by atoms with Gasteiger partial charge in [0.1, 0.15) is 6.10 Å². The van der Waals surface area contributed by atoms with Crippen molar-refractivity contribution in [2.45, 2.75) is 50.2 Å². The van der Waals surface area contributed by atoms with Gasteiger partial charge < -0.3 is 10.2 Å². The van der Waals surface area contributed by atoms with Crippen LogP contribution in [0.4, 0.5) is 0 Å². The van der Waals surface area contributed by atoms with Gasteiger partial charge in [0.2, 0.25) is 0 Å². The minimum absolute atomic E-state index is 0.565. The van der Waals surface area contributed by atoms with E-state index in [1.807, 2.05) is 5.38 Å². The first kappa shape index (κ1) is 12.4. The van der Waals surface area contributed by atoms with Crippen LogP contribution in [0.3, 0.4) is 0 Å². The molecule has 2 nitrogen and oxygen atoms in total. The molecule has 1 aromatic heterocycles. The van der Waals surface area contributed by atoms with Gasteiger partial charge in [-0.2, -0.15) is 0 Å². The Labute approximate surface area is 105 Å². The topological polar surface area (TPSA) is 40.5 Å². The second-order valence-corrected chi connectivity index (χ2v) is 5.91. The molecule has 1 atom stereocenters. The molecular formula is C12H17ClO2S. The molecule has 1 fully saturated rings. The average molecular weight is 261 g/mol. The third kappa shape index (κ3) is 2.43. The van der Waals surface area contributed by atoms with Gasteiger partial charge in [0.15, 0.2) is 0 Å². The molecule has 0 bridgehead atoms. The van der Waals surface area contributed by atoms with Crippen LogP contribution in [-0.4, -0.2) is 15.8 Å². The van der Waals surface area contributed by atoms with E-state index < -0.39 is 11.7 Å². The Bertz CT molecular complexity index is 343. The molecule has 0 spiro atoms. The fourth-order valence-corrected chi connectivity index (χ4v) is 3.61. The Hall–Kier alpha value is -0.0900. The standard InChI is InChI=1S/C12H17ClO2S/c13-9-5-8-16-10(9)11(14)12(15)6-3-1-2-4-7-12/h5,8,11,14-15H,1-4,6-7H2. The summed E-state index contributed by atoms with van der Waals surface area (Å²) in [4.78, 5) is 0.700. The van der Waals surface area contributed by atoms with E-state index in [0.717, 1.165) is 25.7 Å². The van der Waals surface area contributed by atoms with Crippen molar-refractivity contribution in [1.29, 1.82) is 0 Å². The largest absolute Gasteiger partial charge is 0.387 e. The van der Waals surface area contributed by atoms with Crippen LogP contribution in [0.2, 0.25) is 5.02 Å². The first-order valence-corrected chi connectivity index (χ1v) is 7.02. The van der Waals surface area contributed by atoms with E-state index in [0.29, 0.717) is 22.7 Å². The van der Waals surface area contributed by atoms with Crippen molar-refractivity contribution < 1.29 is 10.2 Å². The molecular weight excluding hydrogens is 244 g/mol. The summed E-state index contributed by atoms with van der Waals surface area (Å²) in [5, 5.41) is 23.2. The second kappa shape index (κ2) is 5.05. The number of halogens is 1. The molecule has 0 aliphatic heterocycles. The van der Waals surface area contributed by atoms with Crippen molar-refractivity contribution in [3.8, 4) is 0 Å². The molecule has 1 aliphatic rings. The summed E-state index contributed by atoms with van der Waals surface area (Å²) in [6.07, 6.45) is 4.76. The maximum atomic E-state index is 10.5. The summed E-state index contributed by atoms with van der Waals surface area (Å²) in [5.74, 6) is 0. The average Bonchev–Trinajstić information content (AvgIpc) is 2.55. The lowest BCUT2D eigenvalue weighted by molar-refractivity contribution is -0.0851. The summed E-state index contributed by atoms with van der Waals surface area (Å²) in [5.41, 5.74) is -0.981. The molecule has 1 aliphatic carbocycles.